The number of anilines is 2. The van der Waals surface area contributed by atoms with E-state index in [9.17, 15) is 19.5 Å². The van der Waals surface area contributed by atoms with Gasteiger partial charge < -0.3 is 31.1 Å². The normalized spacial score (nSPS) is 17.4. The van der Waals surface area contributed by atoms with E-state index >= 15 is 0 Å². The number of aromatic nitrogens is 2. The minimum absolute atomic E-state index is 0.0926. The van der Waals surface area contributed by atoms with Crippen molar-refractivity contribution >= 4 is 29.5 Å². The fourth-order valence-electron chi connectivity index (χ4n) is 3.83. The summed E-state index contributed by atoms with van der Waals surface area (Å²) in [6.07, 6.45) is -0.999. The third-order valence-electron chi connectivity index (χ3n) is 5.49. The number of benzene rings is 1. The first-order chi connectivity index (χ1) is 15.8. The molecule has 1 unspecified atom stereocenters. The van der Waals surface area contributed by atoms with E-state index < -0.39 is 18.0 Å². The Morgan fingerprint density at radius 3 is 2.64 bits per heavy atom. The van der Waals surface area contributed by atoms with Gasteiger partial charge in [0.2, 0.25) is 5.91 Å². The molecule has 0 spiro atoms. The van der Waals surface area contributed by atoms with Gasteiger partial charge in [0.25, 0.3) is 0 Å². The summed E-state index contributed by atoms with van der Waals surface area (Å²) in [7, 11) is 0. The molecule has 3 heterocycles. The molecule has 2 aliphatic rings. The number of primary amides is 1. The van der Waals surface area contributed by atoms with Crippen LogP contribution in [0.1, 0.15) is 18.2 Å². The first-order valence-corrected chi connectivity index (χ1v) is 10.5. The fraction of sp³-hybridized carbons (Fsp3) is 0.381. The number of morpholine rings is 1. The van der Waals surface area contributed by atoms with Crippen molar-refractivity contribution in [3.8, 4) is 11.4 Å². The molecule has 1 saturated heterocycles. The van der Waals surface area contributed by atoms with E-state index in [1.807, 2.05) is 6.92 Å². The van der Waals surface area contributed by atoms with E-state index in [1.165, 1.54) is 4.90 Å². The summed E-state index contributed by atoms with van der Waals surface area (Å²) < 4.78 is 5.55. The molecule has 174 valence electrons. The third-order valence-corrected chi connectivity index (χ3v) is 5.49. The van der Waals surface area contributed by atoms with Crippen LogP contribution in [0, 0.1) is 0 Å². The first-order valence-electron chi connectivity index (χ1n) is 10.5. The summed E-state index contributed by atoms with van der Waals surface area (Å²) in [4.78, 5) is 47.1. The highest BCUT2D eigenvalue weighted by Gasteiger charge is 2.32. The van der Waals surface area contributed by atoms with Gasteiger partial charge in [-0.05, 0) is 31.2 Å². The number of hydrogen-bond acceptors (Lipinski definition) is 7. The van der Waals surface area contributed by atoms with Crippen molar-refractivity contribution in [3.63, 3.8) is 0 Å². The van der Waals surface area contributed by atoms with Crippen molar-refractivity contribution in [2.45, 2.75) is 26.1 Å². The molecular weight excluding hydrogens is 430 g/mol. The number of urea groups is 1. The molecule has 1 fully saturated rings. The monoisotopic (exact) mass is 455 g/mol. The van der Waals surface area contributed by atoms with Gasteiger partial charge in [0.15, 0.2) is 5.82 Å². The Bertz CT molecular complexity index is 1080. The molecule has 4 rings (SSSR count). The minimum atomic E-state index is -0.999. The minimum Gasteiger partial charge on any atom is -0.465 e. The van der Waals surface area contributed by atoms with Crippen LogP contribution < -0.4 is 21.3 Å². The second kappa shape index (κ2) is 9.28. The quantitative estimate of drug-likeness (QED) is 0.518. The number of ether oxygens (including phenoxy) is 1. The van der Waals surface area contributed by atoms with Gasteiger partial charge in [-0.3, -0.25) is 9.69 Å². The Labute approximate surface area is 189 Å². The Balaban J connectivity index is 1.61. The maximum absolute atomic E-state index is 11.8. The van der Waals surface area contributed by atoms with Gasteiger partial charge in [-0.2, -0.15) is 0 Å². The highest BCUT2D eigenvalue weighted by atomic mass is 16.5. The first kappa shape index (κ1) is 22.3. The zero-order valence-corrected chi connectivity index (χ0v) is 18.1. The van der Waals surface area contributed by atoms with Crippen LogP contribution in [0.2, 0.25) is 0 Å². The zero-order chi connectivity index (χ0) is 23.5. The Hall–Kier alpha value is -3.93. The van der Waals surface area contributed by atoms with Gasteiger partial charge in [-0.15, -0.1) is 0 Å². The average molecular weight is 455 g/mol. The molecular formula is C21H25N7O5. The molecule has 0 saturated carbocycles. The molecule has 5 N–H and O–H groups in total. The highest BCUT2D eigenvalue weighted by Crippen LogP contribution is 2.33. The van der Waals surface area contributed by atoms with Crippen molar-refractivity contribution in [1.82, 2.24) is 20.2 Å². The van der Waals surface area contributed by atoms with Crippen molar-refractivity contribution in [3.05, 3.63) is 35.5 Å². The number of rotatable bonds is 5. The van der Waals surface area contributed by atoms with Crippen LogP contribution in [0.3, 0.4) is 0 Å². The summed E-state index contributed by atoms with van der Waals surface area (Å²) in [5, 5.41) is 14.4. The molecule has 12 heteroatoms. The average Bonchev–Trinajstić information content (AvgIpc) is 3.23. The summed E-state index contributed by atoms with van der Waals surface area (Å²) in [5.74, 6) is 0.558. The molecule has 2 aromatic rings. The summed E-state index contributed by atoms with van der Waals surface area (Å²) in [6, 6.07) is 6.46. The van der Waals surface area contributed by atoms with E-state index in [0.717, 1.165) is 16.9 Å². The lowest BCUT2D eigenvalue weighted by Crippen LogP contribution is -2.44. The zero-order valence-electron chi connectivity index (χ0n) is 18.1. The summed E-state index contributed by atoms with van der Waals surface area (Å²) in [5.41, 5.74) is 7.75. The van der Waals surface area contributed by atoms with Crippen LogP contribution in [-0.2, 0) is 22.6 Å². The van der Waals surface area contributed by atoms with E-state index in [1.54, 1.807) is 24.3 Å². The van der Waals surface area contributed by atoms with E-state index in [2.05, 4.69) is 20.5 Å². The van der Waals surface area contributed by atoms with E-state index in [-0.39, 0.29) is 25.7 Å². The highest BCUT2D eigenvalue weighted by molar-refractivity contribution is 5.92. The molecule has 2 aliphatic heterocycles. The van der Waals surface area contributed by atoms with Crippen LogP contribution in [0.5, 0.6) is 0 Å². The fourth-order valence-corrected chi connectivity index (χ4v) is 3.83. The van der Waals surface area contributed by atoms with Gasteiger partial charge >= 0.3 is 12.1 Å². The Kier molecular flexibility index (Phi) is 6.27. The summed E-state index contributed by atoms with van der Waals surface area (Å²) in [6.45, 7) is 4.01. The van der Waals surface area contributed by atoms with Crippen molar-refractivity contribution < 1.29 is 24.2 Å². The number of carbonyl (C=O) groups is 3. The number of amides is 4. The maximum atomic E-state index is 11.8. The molecule has 0 bridgehead atoms. The van der Waals surface area contributed by atoms with Gasteiger partial charge in [-0.1, -0.05) is 0 Å². The van der Waals surface area contributed by atoms with E-state index in [4.69, 9.17) is 15.5 Å². The molecule has 0 aliphatic carbocycles. The predicted molar refractivity (Wildman–Crippen MR) is 119 cm³/mol. The summed E-state index contributed by atoms with van der Waals surface area (Å²) >= 11 is 0. The molecule has 1 atom stereocenters. The lowest BCUT2D eigenvalue weighted by Gasteiger charge is -2.35. The van der Waals surface area contributed by atoms with Gasteiger partial charge in [0.05, 0.1) is 44.6 Å². The van der Waals surface area contributed by atoms with Crippen molar-refractivity contribution in [1.29, 1.82) is 0 Å². The van der Waals surface area contributed by atoms with Crippen molar-refractivity contribution in [2.75, 3.05) is 36.5 Å². The van der Waals surface area contributed by atoms with Gasteiger partial charge in [0.1, 0.15) is 5.82 Å². The molecule has 1 aromatic heterocycles. The standard InChI is InChI=1S/C21H25N7O5/c1-12-11-33-7-6-28(12)19-15-9-27(21(31)32)10-16(15)25-18(26-19)13-2-4-14(5-3-13)24-20(30)23-8-17(22)29/h2-5,12H,6-11H2,1H3,(H2,22,29)(H,31,32)(H2,23,24,30). The van der Waals surface area contributed by atoms with Crippen molar-refractivity contribution in [2.24, 2.45) is 5.73 Å². The lowest BCUT2D eigenvalue weighted by atomic mass is 10.1. The third kappa shape index (κ3) is 4.95. The van der Waals surface area contributed by atoms with E-state index in [0.29, 0.717) is 37.0 Å². The number of hydrogen-bond donors (Lipinski definition) is 4. The number of nitrogens with zero attached hydrogens (tertiary/aromatic N) is 4. The SMILES string of the molecule is CC1COCCN1c1nc(-c2ccc(NC(=O)NCC(N)=O)cc2)nc2c1CN(C(=O)O)C2. The Morgan fingerprint density at radius 2 is 1.97 bits per heavy atom. The maximum Gasteiger partial charge on any atom is 0.407 e. The predicted octanol–water partition coefficient (Wildman–Crippen LogP) is 0.969. The second-order valence-corrected chi connectivity index (χ2v) is 7.90. The van der Waals surface area contributed by atoms with Crippen LogP contribution >= 0.6 is 0 Å². The number of nitrogens with one attached hydrogen (secondary N) is 2. The van der Waals surface area contributed by atoms with Gasteiger partial charge in [-0.25, -0.2) is 19.6 Å². The number of carbonyl (C=O) groups excluding carboxylic acids is 2. The molecule has 1 aromatic carbocycles. The Morgan fingerprint density at radius 1 is 1.21 bits per heavy atom. The number of nitrogens with two attached hydrogens (primary N) is 1. The molecule has 4 amide bonds. The molecule has 33 heavy (non-hydrogen) atoms. The van der Waals surface area contributed by atoms with Crippen LogP contribution in [0.4, 0.5) is 21.1 Å². The van der Waals surface area contributed by atoms with Gasteiger partial charge in [0, 0.05) is 23.4 Å². The molecule has 0 radical (unpaired) electrons. The van der Waals surface area contributed by atoms with Crippen LogP contribution in [0.15, 0.2) is 24.3 Å². The largest absolute Gasteiger partial charge is 0.465 e. The lowest BCUT2D eigenvalue weighted by molar-refractivity contribution is -0.117. The van der Waals surface area contributed by atoms with Crippen LogP contribution in [-0.4, -0.2) is 70.4 Å². The topological polar surface area (TPSA) is 163 Å². The van der Waals surface area contributed by atoms with Crippen LogP contribution in [0.25, 0.3) is 11.4 Å². The second-order valence-electron chi connectivity index (χ2n) is 7.90. The number of carboxylic acid groups (broad SMARTS) is 1. The molecule has 12 nitrogen and oxygen atoms in total. The smallest absolute Gasteiger partial charge is 0.407 e. The number of fused-ring (bicyclic) bond motifs is 1.